The fourth-order valence-electron chi connectivity index (χ4n) is 4.12. The molecule has 2 N–H and O–H groups in total. The van der Waals surface area contributed by atoms with Crippen molar-refractivity contribution in [2.45, 2.75) is 38.6 Å². The predicted molar refractivity (Wildman–Crippen MR) is 101 cm³/mol. The smallest absolute Gasteiger partial charge is 0.317 e. The third kappa shape index (κ3) is 5.71. The van der Waals surface area contributed by atoms with E-state index in [1.54, 1.807) is 0 Å². The second kappa shape index (κ2) is 9.92. The molecule has 0 bridgehead atoms. The summed E-state index contributed by atoms with van der Waals surface area (Å²) in [6.45, 7) is 6.83. The molecule has 0 aromatic carbocycles. The maximum Gasteiger partial charge on any atom is 0.317 e. The highest BCUT2D eigenvalue weighted by Crippen LogP contribution is 2.19. The normalized spacial score (nSPS) is 22.5. The van der Waals surface area contributed by atoms with Gasteiger partial charge in [-0.3, -0.25) is 0 Å². The molecule has 2 amide bonds. The molecule has 1 aromatic heterocycles. The van der Waals surface area contributed by atoms with Crippen LogP contribution in [0.25, 0.3) is 0 Å². The molecule has 2 aliphatic heterocycles. The van der Waals surface area contributed by atoms with Crippen LogP contribution in [0.4, 0.5) is 4.79 Å². The number of likely N-dealkylation sites (tertiary alicyclic amines) is 2. The molecule has 2 fully saturated rings. The van der Waals surface area contributed by atoms with E-state index in [-0.39, 0.29) is 6.03 Å². The predicted octanol–water partition coefficient (Wildman–Crippen LogP) is 1.40. The molecular weight excluding hydrogens is 330 g/mol. The van der Waals surface area contributed by atoms with Gasteiger partial charge in [0.15, 0.2) is 0 Å². The van der Waals surface area contributed by atoms with Crippen molar-refractivity contribution in [3.05, 3.63) is 18.7 Å². The van der Waals surface area contributed by atoms with Gasteiger partial charge in [-0.1, -0.05) is 0 Å². The fourth-order valence-corrected chi connectivity index (χ4v) is 4.12. The Balaban J connectivity index is 1.27. The van der Waals surface area contributed by atoms with Gasteiger partial charge in [0.1, 0.15) is 0 Å². The molecule has 3 heterocycles. The number of nitrogens with one attached hydrogen (secondary N) is 1. The molecule has 2 saturated heterocycles. The molecule has 1 aromatic rings. The lowest BCUT2D eigenvalue weighted by molar-refractivity contribution is 0.119. The third-order valence-electron chi connectivity index (χ3n) is 5.72. The lowest BCUT2D eigenvalue weighted by Crippen LogP contribution is -2.45. The van der Waals surface area contributed by atoms with Gasteiger partial charge in [0.05, 0.1) is 6.33 Å². The van der Waals surface area contributed by atoms with E-state index in [1.807, 2.05) is 23.6 Å². The van der Waals surface area contributed by atoms with Crippen molar-refractivity contribution in [3.8, 4) is 0 Å². The van der Waals surface area contributed by atoms with Crippen LogP contribution in [0.3, 0.4) is 0 Å². The number of amides is 2. The van der Waals surface area contributed by atoms with Crippen molar-refractivity contribution < 1.29 is 9.90 Å². The van der Waals surface area contributed by atoms with Gasteiger partial charge in [-0.15, -0.1) is 0 Å². The first-order chi connectivity index (χ1) is 12.7. The number of hydrogen-bond acceptors (Lipinski definition) is 4. The number of aromatic nitrogens is 2. The first-order valence-electron chi connectivity index (χ1n) is 10.1. The van der Waals surface area contributed by atoms with Crippen molar-refractivity contribution in [1.29, 1.82) is 0 Å². The summed E-state index contributed by atoms with van der Waals surface area (Å²) >= 11 is 0. The number of rotatable bonds is 7. The number of aliphatic hydroxyl groups excluding tert-OH is 1. The van der Waals surface area contributed by atoms with Gasteiger partial charge >= 0.3 is 6.03 Å². The van der Waals surface area contributed by atoms with Crippen molar-refractivity contribution in [2.24, 2.45) is 11.8 Å². The first-order valence-corrected chi connectivity index (χ1v) is 10.1. The zero-order chi connectivity index (χ0) is 18.2. The monoisotopic (exact) mass is 363 g/mol. The van der Waals surface area contributed by atoms with Crippen LogP contribution in [-0.2, 0) is 6.54 Å². The first kappa shape index (κ1) is 19.2. The minimum atomic E-state index is 0.0814. The van der Waals surface area contributed by atoms with Gasteiger partial charge in [-0.25, -0.2) is 9.78 Å². The van der Waals surface area contributed by atoms with Crippen LogP contribution < -0.4 is 5.32 Å². The average molecular weight is 364 g/mol. The van der Waals surface area contributed by atoms with Gasteiger partial charge in [0.2, 0.25) is 0 Å². The van der Waals surface area contributed by atoms with E-state index in [0.717, 1.165) is 71.5 Å². The van der Waals surface area contributed by atoms with E-state index < -0.39 is 0 Å². The molecule has 0 aliphatic carbocycles. The van der Waals surface area contributed by atoms with Gasteiger partial charge in [-0.05, 0) is 57.0 Å². The summed E-state index contributed by atoms with van der Waals surface area (Å²) in [4.78, 5) is 20.8. The highest BCUT2D eigenvalue weighted by Gasteiger charge is 2.23. The summed E-state index contributed by atoms with van der Waals surface area (Å²) < 4.78 is 2.13. The van der Waals surface area contributed by atoms with Crippen LogP contribution >= 0.6 is 0 Å². The number of piperidine rings is 2. The second-order valence-electron chi connectivity index (χ2n) is 7.77. The lowest BCUT2D eigenvalue weighted by Gasteiger charge is -2.33. The van der Waals surface area contributed by atoms with Gasteiger partial charge < -0.3 is 24.8 Å². The minimum absolute atomic E-state index is 0.0814. The van der Waals surface area contributed by atoms with Crippen LogP contribution in [0.5, 0.6) is 0 Å². The Kier molecular flexibility index (Phi) is 7.32. The molecule has 3 rings (SSSR count). The largest absolute Gasteiger partial charge is 0.396 e. The molecule has 26 heavy (non-hydrogen) atoms. The second-order valence-corrected chi connectivity index (χ2v) is 7.77. The van der Waals surface area contributed by atoms with Crippen molar-refractivity contribution in [1.82, 2.24) is 24.7 Å². The third-order valence-corrected chi connectivity index (χ3v) is 5.72. The van der Waals surface area contributed by atoms with E-state index >= 15 is 0 Å². The van der Waals surface area contributed by atoms with Crippen molar-refractivity contribution in [3.63, 3.8) is 0 Å². The standard InChI is InChI=1S/C19H33N5O2/c25-15-18-3-1-8-22(14-18)9-2-6-21-19(26)24-10-4-17(5-11-24)13-23-12-7-20-16-23/h7,12,16-18,25H,1-6,8-11,13-15H2,(H,21,26). The number of hydrogen-bond donors (Lipinski definition) is 2. The zero-order valence-electron chi connectivity index (χ0n) is 15.7. The molecule has 0 radical (unpaired) electrons. The van der Waals surface area contributed by atoms with Crippen LogP contribution in [-0.4, -0.2) is 76.4 Å². The maximum atomic E-state index is 12.3. The molecule has 7 heteroatoms. The molecule has 0 spiro atoms. The Bertz CT molecular complexity index is 528. The Morgan fingerprint density at radius 1 is 1.19 bits per heavy atom. The van der Waals surface area contributed by atoms with Crippen LogP contribution in [0.15, 0.2) is 18.7 Å². The quantitative estimate of drug-likeness (QED) is 0.718. The summed E-state index contributed by atoms with van der Waals surface area (Å²) in [5, 5.41) is 12.4. The van der Waals surface area contributed by atoms with Crippen LogP contribution in [0, 0.1) is 11.8 Å². The molecule has 1 unspecified atom stereocenters. The highest BCUT2D eigenvalue weighted by atomic mass is 16.3. The molecule has 0 saturated carbocycles. The van der Waals surface area contributed by atoms with E-state index in [4.69, 9.17) is 0 Å². The van der Waals surface area contributed by atoms with E-state index in [2.05, 4.69) is 19.8 Å². The number of aliphatic hydroxyl groups is 1. The highest BCUT2D eigenvalue weighted by molar-refractivity contribution is 5.74. The summed E-state index contributed by atoms with van der Waals surface area (Å²) in [7, 11) is 0. The van der Waals surface area contributed by atoms with Crippen LogP contribution in [0.1, 0.15) is 32.1 Å². The summed E-state index contributed by atoms with van der Waals surface area (Å²) in [5.74, 6) is 1.06. The molecular formula is C19H33N5O2. The van der Waals surface area contributed by atoms with E-state index in [0.29, 0.717) is 18.4 Å². The molecule has 146 valence electrons. The Morgan fingerprint density at radius 3 is 2.77 bits per heavy atom. The minimum Gasteiger partial charge on any atom is -0.396 e. The summed E-state index contributed by atoms with van der Waals surface area (Å²) in [6.07, 6.45) is 11.1. The van der Waals surface area contributed by atoms with Gasteiger partial charge in [0, 0.05) is 51.7 Å². The van der Waals surface area contributed by atoms with Crippen LogP contribution in [0.2, 0.25) is 0 Å². The average Bonchev–Trinajstić information content (AvgIpc) is 3.19. The number of carbonyl (C=O) groups excluding carboxylic acids is 1. The molecule has 7 nitrogen and oxygen atoms in total. The molecule has 1 atom stereocenters. The summed E-state index contributed by atoms with van der Waals surface area (Å²) in [5.41, 5.74) is 0. The number of urea groups is 1. The van der Waals surface area contributed by atoms with Crippen molar-refractivity contribution >= 4 is 6.03 Å². The summed E-state index contributed by atoms with van der Waals surface area (Å²) in [6, 6.07) is 0.0814. The van der Waals surface area contributed by atoms with E-state index in [1.165, 1.54) is 6.42 Å². The van der Waals surface area contributed by atoms with E-state index in [9.17, 15) is 9.90 Å². The van der Waals surface area contributed by atoms with Crippen molar-refractivity contribution in [2.75, 3.05) is 45.9 Å². The fraction of sp³-hybridized carbons (Fsp3) is 0.789. The SMILES string of the molecule is O=C(NCCCN1CCCC(CO)C1)N1CCC(Cn2ccnc2)CC1. The maximum absolute atomic E-state index is 12.3. The zero-order valence-corrected chi connectivity index (χ0v) is 15.7. The topological polar surface area (TPSA) is 73.6 Å². The Labute approximate surface area is 156 Å². The lowest BCUT2D eigenvalue weighted by atomic mass is 9.97. The number of imidazole rings is 1. The van der Waals surface area contributed by atoms with Gasteiger partial charge in [-0.2, -0.15) is 0 Å². The molecule has 2 aliphatic rings. The Morgan fingerprint density at radius 2 is 2.04 bits per heavy atom. The Hall–Kier alpha value is -1.60. The van der Waals surface area contributed by atoms with Gasteiger partial charge in [0.25, 0.3) is 0 Å². The number of carbonyl (C=O) groups is 1. The number of nitrogens with zero attached hydrogens (tertiary/aromatic N) is 4.